The Bertz CT molecular complexity index is 378. The molecule has 0 saturated carbocycles. The second-order valence-electron chi connectivity index (χ2n) is 4.47. The predicted octanol–water partition coefficient (Wildman–Crippen LogP) is 5.22. The molecule has 0 bridgehead atoms. The van der Waals surface area contributed by atoms with Crippen molar-refractivity contribution in [3.63, 3.8) is 0 Å². The van der Waals surface area contributed by atoms with Gasteiger partial charge in [0.25, 0.3) is 0 Å². The Hall–Kier alpha value is 0.340. The molecular formula is C12H15Cl4N. The van der Waals surface area contributed by atoms with Gasteiger partial charge in [-0.25, -0.2) is 0 Å². The maximum Gasteiger partial charge on any atom is 0.0640 e. The lowest BCUT2D eigenvalue weighted by molar-refractivity contribution is 0.480. The lowest BCUT2D eigenvalue weighted by Crippen LogP contribution is -2.19. The van der Waals surface area contributed by atoms with Gasteiger partial charge >= 0.3 is 0 Å². The molecule has 96 valence electrons. The number of hydrogen-bond donors (Lipinski definition) is 1. The number of halogens is 4. The van der Waals surface area contributed by atoms with Crippen LogP contribution in [0.3, 0.4) is 0 Å². The first-order chi connectivity index (χ1) is 7.82. The normalized spacial score (nSPS) is 14.8. The Balaban J connectivity index is 2.97. The first kappa shape index (κ1) is 15.4. The summed E-state index contributed by atoms with van der Waals surface area (Å²) < 4.78 is 0. The Morgan fingerprint density at radius 1 is 1.06 bits per heavy atom. The molecule has 0 radical (unpaired) electrons. The second-order valence-corrected chi connectivity index (χ2v) is 6.04. The highest BCUT2D eigenvalue weighted by Crippen LogP contribution is 2.38. The summed E-state index contributed by atoms with van der Waals surface area (Å²) in [5, 5.41) is 1.84. The molecule has 0 heterocycles. The van der Waals surface area contributed by atoms with Crippen molar-refractivity contribution in [2.45, 2.75) is 32.7 Å². The molecule has 2 unspecified atom stereocenters. The van der Waals surface area contributed by atoms with Crippen molar-refractivity contribution in [1.82, 2.24) is 0 Å². The zero-order valence-corrected chi connectivity index (χ0v) is 12.8. The van der Waals surface area contributed by atoms with E-state index >= 15 is 0 Å². The average Bonchev–Trinajstić information content (AvgIpc) is 2.20. The first-order valence-electron chi connectivity index (χ1n) is 5.40. The van der Waals surface area contributed by atoms with E-state index in [1.54, 1.807) is 6.07 Å². The topological polar surface area (TPSA) is 26.0 Å². The van der Waals surface area contributed by atoms with Crippen LogP contribution in [0.1, 0.15) is 25.8 Å². The van der Waals surface area contributed by atoms with Crippen LogP contribution in [-0.2, 0) is 6.42 Å². The molecular weight excluding hydrogens is 300 g/mol. The zero-order valence-electron chi connectivity index (χ0n) is 9.74. The lowest BCUT2D eigenvalue weighted by Gasteiger charge is -2.17. The van der Waals surface area contributed by atoms with Gasteiger partial charge in [0.05, 0.1) is 20.1 Å². The predicted molar refractivity (Wildman–Crippen MR) is 77.6 cm³/mol. The highest BCUT2D eigenvalue weighted by atomic mass is 35.5. The largest absolute Gasteiger partial charge is 0.328 e. The Labute approximate surface area is 122 Å². The second kappa shape index (κ2) is 6.49. The van der Waals surface area contributed by atoms with Crippen molar-refractivity contribution >= 4 is 46.4 Å². The number of benzene rings is 1. The third kappa shape index (κ3) is 4.18. The van der Waals surface area contributed by atoms with E-state index in [-0.39, 0.29) is 6.04 Å². The Morgan fingerprint density at radius 3 is 1.94 bits per heavy atom. The zero-order chi connectivity index (χ0) is 13.2. The third-order valence-electron chi connectivity index (χ3n) is 2.53. The fraction of sp³-hybridized carbons (Fsp3) is 0.500. The summed E-state index contributed by atoms with van der Waals surface area (Å²) in [5.41, 5.74) is 6.57. The quantitative estimate of drug-likeness (QED) is 0.758. The van der Waals surface area contributed by atoms with Crippen LogP contribution in [0.25, 0.3) is 0 Å². The molecule has 0 aliphatic carbocycles. The standard InChI is InChI=1S/C12H15Cl4N/c1-6(3-7(2)17)4-8-11(15)9(13)5-10(14)12(8)16/h5-7H,3-4,17H2,1-2H3. The summed E-state index contributed by atoms with van der Waals surface area (Å²) >= 11 is 24.3. The molecule has 0 fully saturated rings. The number of rotatable bonds is 4. The van der Waals surface area contributed by atoms with Crippen molar-refractivity contribution < 1.29 is 0 Å². The highest BCUT2D eigenvalue weighted by molar-refractivity contribution is 6.48. The van der Waals surface area contributed by atoms with E-state index in [9.17, 15) is 0 Å². The molecule has 2 N–H and O–H groups in total. The fourth-order valence-electron chi connectivity index (χ4n) is 1.87. The van der Waals surface area contributed by atoms with Gasteiger partial charge in [-0.3, -0.25) is 0 Å². The highest BCUT2D eigenvalue weighted by Gasteiger charge is 2.16. The average molecular weight is 315 g/mol. The Morgan fingerprint density at radius 2 is 1.53 bits per heavy atom. The lowest BCUT2D eigenvalue weighted by atomic mass is 9.95. The van der Waals surface area contributed by atoms with Gasteiger partial charge in [-0.05, 0) is 37.3 Å². The van der Waals surface area contributed by atoms with Gasteiger partial charge in [0, 0.05) is 6.04 Å². The van der Waals surface area contributed by atoms with Crippen LogP contribution >= 0.6 is 46.4 Å². The number of hydrogen-bond acceptors (Lipinski definition) is 1. The van der Waals surface area contributed by atoms with Crippen LogP contribution in [0.2, 0.25) is 20.1 Å². The van der Waals surface area contributed by atoms with E-state index in [4.69, 9.17) is 52.1 Å². The fourth-order valence-corrected chi connectivity index (χ4v) is 2.87. The monoisotopic (exact) mass is 313 g/mol. The van der Waals surface area contributed by atoms with E-state index in [0.29, 0.717) is 26.0 Å². The van der Waals surface area contributed by atoms with E-state index in [1.807, 2.05) is 6.92 Å². The van der Waals surface area contributed by atoms with Crippen LogP contribution in [0, 0.1) is 5.92 Å². The van der Waals surface area contributed by atoms with Gasteiger partial charge in [0.1, 0.15) is 0 Å². The van der Waals surface area contributed by atoms with E-state index < -0.39 is 0 Å². The van der Waals surface area contributed by atoms with E-state index in [0.717, 1.165) is 18.4 Å². The van der Waals surface area contributed by atoms with Gasteiger partial charge in [-0.2, -0.15) is 0 Å². The molecule has 0 aliphatic rings. The van der Waals surface area contributed by atoms with Crippen LogP contribution in [0.5, 0.6) is 0 Å². The molecule has 1 rings (SSSR count). The maximum atomic E-state index is 6.14. The van der Waals surface area contributed by atoms with Crippen molar-refractivity contribution in [3.05, 3.63) is 31.7 Å². The molecule has 0 aromatic heterocycles. The van der Waals surface area contributed by atoms with Gasteiger partial charge in [-0.15, -0.1) is 0 Å². The van der Waals surface area contributed by atoms with Crippen LogP contribution in [-0.4, -0.2) is 6.04 Å². The summed E-state index contributed by atoms with van der Waals surface area (Å²) in [4.78, 5) is 0. The van der Waals surface area contributed by atoms with Crippen LogP contribution < -0.4 is 5.73 Å². The smallest absolute Gasteiger partial charge is 0.0640 e. The van der Waals surface area contributed by atoms with Crippen LogP contribution in [0.15, 0.2) is 6.07 Å². The minimum Gasteiger partial charge on any atom is -0.328 e. The summed E-state index contributed by atoms with van der Waals surface area (Å²) in [6, 6.07) is 1.71. The van der Waals surface area contributed by atoms with Gasteiger partial charge in [0.15, 0.2) is 0 Å². The molecule has 5 heteroatoms. The van der Waals surface area contributed by atoms with Crippen molar-refractivity contribution in [3.8, 4) is 0 Å². The maximum absolute atomic E-state index is 6.14. The molecule has 0 amide bonds. The summed E-state index contributed by atoms with van der Waals surface area (Å²) in [7, 11) is 0. The molecule has 2 atom stereocenters. The number of nitrogens with two attached hydrogens (primary N) is 1. The molecule has 1 nitrogen and oxygen atoms in total. The minimum absolute atomic E-state index is 0.150. The SMILES string of the molecule is CC(N)CC(C)Cc1c(Cl)c(Cl)cc(Cl)c1Cl. The van der Waals surface area contributed by atoms with E-state index in [2.05, 4.69) is 6.92 Å². The molecule has 1 aromatic carbocycles. The Kier molecular flexibility index (Phi) is 5.88. The molecule has 17 heavy (non-hydrogen) atoms. The van der Waals surface area contributed by atoms with Gasteiger partial charge in [-0.1, -0.05) is 53.3 Å². The van der Waals surface area contributed by atoms with Crippen molar-refractivity contribution in [2.75, 3.05) is 0 Å². The van der Waals surface area contributed by atoms with Gasteiger partial charge in [0.2, 0.25) is 0 Å². The molecule has 0 spiro atoms. The van der Waals surface area contributed by atoms with Crippen molar-refractivity contribution in [2.24, 2.45) is 11.7 Å². The van der Waals surface area contributed by atoms with E-state index in [1.165, 1.54) is 0 Å². The molecule has 0 saturated heterocycles. The summed E-state index contributed by atoms with van der Waals surface area (Å²) in [5.74, 6) is 0.375. The van der Waals surface area contributed by atoms with Gasteiger partial charge < -0.3 is 5.73 Å². The van der Waals surface area contributed by atoms with Crippen LogP contribution in [0.4, 0.5) is 0 Å². The third-order valence-corrected chi connectivity index (χ3v) is 4.18. The first-order valence-corrected chi connectivity index (χ1v) is 6.91. The minimum atomic E-state index is 0.150. The summed E-state index contributed by atoms with van der Waals surface area (Å²) in [6.45, 7) is 4.08. The molecule has 1 aromatic rings. The summed E-state index contributed by atoms with van der Waals surface area (Å²) in [6.07, 6.45) is 1.62. The molecule has 0 aliphatic heterocycles. The van der Waals surface area contributed by atoms with Crippen molar-refractivity contribution in [1.29, 1.82) is 0 Å².